The molecule has 110 valence electrons. The summed E-state index contributed by atoms with van der Waals surface area (Å²) >= 11 is 6.00. The fraction of sp³-hybridized carbons (Fsp3) is 0.188. The van der Waals surface area contributed by atoms with Crippen molar-refractivity contribution in [3.8, 4) is 11.5 Å². The average molecular weight is 305 g/mol. The van der Waals surface area contributed by atoms with Crippen LogP contribution in [0.5, 0.6) is 11.5 Å². The Labute approximate surface area is 129 Å². The van der Waals surface area contributed by atoms with Gasteiger partial charge in [0.1, 0.15) is 23.9 Å². The number of nitrogen functional groups attached to an aromatic ring is 1. The second kappa shape index (κ2) is 6.50. The summed E-state index contributed by atoms with van der Waals surface area (Å²) in [7, 11) is 1.61. The zero-order valence-corrected chi connectivity index (χ0v) is 12.7. The lowest BCUT2D eigenvalue weighted by Crippen LogP contribution is -2.11. The van der Waals surface area contributed by atoms with Crippen molar-refractivity contribution in [1.82, 2.24) is 0 Å². The number of hydrogen-bond donors (Lipinski definition) is 2. The van der Waals surface area contributed by atoms with Crippen LogP contribution in [0.25, 0.3) is 0 Å². The van der Waals surface area contributed by atoms with Gasteiger partial charge < -0.3 is 15.2 Å². The quantitative estimate of drug-likeness (QED) is 0.656. The van der Waals surface area contributed by atoms with Crippen LogP contribution in [0, 0.1) is 12.3 Å². The van der Waals surface area contributed by atoms with Crippen molar-refractivity contribution in [3.63, 3.8) is 0 Å². The molecule has 0 amide bonds. The van der Waals surface area contributed by atoms with Gasteiger partial charge in [-0.2, -0.15) is 0 Å². The molecule has 0 aliphatic heterocycles. The van der Waals surface area contributed by atoms with E-state index in [0.717, 1.165) is 16.9 Å². The van der Waals surface area contributed by atoms with Crippen LogP contribution in [0.15, 0.2) is 36.4 Å². The predicted octanol–water partition coefficient (Wildman–Crippen LogP) is 3.52. The molecule has 2 rings (SSSR count). The van der Waals surface area contributed by atoms with E-state index in [2.05, 4.69) is 0 Å². The molecule has 2 aromatic carbocycles. The van der Waals surface area contributed by atoms with Gasteiger partial charge in [0.05, 0.1) is 7.11 Å². The van der Waals surface area contributed by atoms with Gasteiger partial charge in [-0.3, -0.25) is 5.41 Å². The van der Waals surface area contributed by atoms with E-state index in [1.165, 1.54) is 0 Å². The molecular formula is C16H17ClN2O2. The third kappa shape index (κ3) is 3.67. The van der Waals surface area contributed by atoms with Crippen molar-refractivity contribution in [1.29, 1.82) is 5.41 Å². The summed E-state index contributed by atoms with van der Waals surface area (Å²) in [5.41, 5.74) is 7.96. The lowest BCUT2D eigenvalue weighted by Gasteiger charge is -2.13. The van der Waals surface area contributed by atoms with Gasteiger partial charge >= 0.3 is 0 Å². The summed E-state index contributed by atoms with van der Waals surface area (Å²) in [4.78, 5) is 0. The first-order valence-electron chi connectivity index (χ1n) is 6.41. The van der Waals surface area contributed by atoms with Gasteiger partial charge in [0.2, 0.25) is 0 Å². The van der Waals surface area contributed by atoms with E-state index in [-0.39, 0.29) is 5.84 Å². The molecule has 0 atom stereocenters. The molecule has 4 nitrogen and oxygen atoms in total. The lowest BCUT2D eigenvalue weighted by molar-refractivity contribution is 0.295. The number of ether oxygens (including phenoxy) is 2. The van der Waals surface area contributed by atoms with Crippen LogP contribution < -0.4 is 15.2 Å². The first-order valence-corrected chi connectivity index (χ1v) is 6.79. The molecule has 0 saturated heterocycles. The zero-order valence-electron chi connectivity index (χ0n) is 11.9. The smallest absolute Gasteiger partial charge is 0.125 e. The van der Waals surface area contributed by atoms with Gasteiger partial charge in [-0.1, -0.05) is 23.7 Å². The van der Waals surface area contributed by atoms with E-state index >= 15 is 0 Å². The summed E-state index contributed by atoms with van der Waals surface area (Å²) in [6.07, 6.45) is 0. The van der Waals surface area contributed by atoms with Crippen LogP contribution in [0.3, 0.4) is 0 Å². The Kier molecular flexibility index (Phi) is 4.70. The molecule has 0 aromatic heterocycles. The van der Waals surface area contributed by atoms with Gasteiger partial charge in [-0.25, -0.2) is 0 Å². The molecule has 0 aliphatic carbocycles. The van der Waals surface area contributed by atoms with E-state index in [1.54, 1.807) is 31.4 Å². The molecular weight excluding hydrogens is 288 g/mol. The molecule has 21 heavy (non-hydrogen) atoms. The number of amidine groups is 1. The van der Waals surface area contributed by atoms with Crippen LogP contribution in [-0.2, 0) is 6.61 Å². The lowest BCUT2D eigenvalue weighted by atomic mass is 10.1. The van der Waals surface area contributed by atoms with E-state index in [0.29, 0.717) is 22.9 Å². The Morgan fingerprint density at radius 3 is 2.62 bits per heavy atom. The topological polar surface area (TPSA) is 68.3 Å². The SMILES string of the molecule is COc1ccc(Cl)cc1COc1cc(C(=N)N)ccc1C. The van der Waals surface area contributed by atoms with Gasteiger partial charge in [-0.15, -0.1) is 0 Å². The molecule has 3 N–H and O–H groups in total. The molecule has 0 spiro atoms. The highest BCUT2D eigenvalue weighted by Gasteiger charge is 2.08. The summed E-state index contributed by atoms with van der Waals surface area (Å²) in [5, 5.41) is 8.10. The largest absolute Gasteiger partial charge is 0.496 e. The van der Waals surface area contributed by atoms with E-state index < -0.39 is 0 Å². The average Bonchev–Trinajstić information content (AvgIpc) is 2.46. The van der Waals surface area contributed by atoms with Gasteiger partial charge in [0.25, 0.3) is 0 Å². The summed E-state index contributed by atoms with van der Waals surface area (Å²) in [6, 6.07) is 10.8. The summed E-state index contributed by atoms with van der Waals surface area (Å²) < 4.78 is 11.1. The second-order valence-corrected chi connectivity index (χ2v) is 5.08. The van der Waals surface area contributed by atoms with Crippen LogP contribution in [0.2, 0.25) is 5.02 Å². The maximum Gasteiger partial charge on any atom is 0.125 e. The Morgan fingerprint density at radius 2 is 1.95 bits per heavy atom. The normalized spacial score (nSPS) is 10.2. The molecule has 0 aliphatic rings. The summed E-state index contributed by atoms with van der Waals surface area (Å²) in [6.45, 7) is 2.26. The molecule has 0 unspecified atom stereocenters. The number of aryl methyl sites for hydroxylation is 1. The third-order valence-corrected chi connectivity index (χ3v) is 3.36. The van der Waals surface area contributed by atoms with Crippen LogP contribution in [0.1, 0.15) is 16.7 Å². The van der Waals surface area contributed by atoms with E-state index in [1.807, 2.05) is 19.1 Å². The monoisotopic (exact) mass is 304 g/mol. The van der Waals surface area contributed by atoms with Crippen molar-refractivity contribution >= 4 is 17.4 Å². The molecule has 0 fully saturated rings. The minimum Gasteiger partial charge on any atom is -0.496 e. The number of nitrogens with one attached hydrogen (secondary N) is 1. The fourth-order valence-corrected chi connectivity index (χ4v) is 2.13. The highest BCUT2D eigenvalue weighted by molar-refractivity contribution is 6.30. The molecule has 0 saturated carbocycles. The highest BCUT2D eigenvalue weighted by atomic mass is 35.5. The number of methoxy groups -OCH3 is 1. The number of nitrogens with two attached hydrogens (primary N) is 1. The number of rotatable bonds is 5. The van der Waals surface area contributed by atoms with Gasteiger partial charge in [0.15, 0.2) is 0 Å². The van der Waals surface area contributed by atoms with E-state index in [4.69, 9.17) is 32.2 Å². The van der Waals surface area contributed by atoms with Crippen molar-refractivity contribution in [2.45, 2.75) is 13.5 Å². The number of halogens is 1. The van der Waals surface area contributed by atoms with Crippen LogP contribution in [0.4, 0.5) is 0 Å². The van der Waals surface area contributed by atoms with Crippen LogP contribution >= 0.6 is 11.6 Å². The minimum absolute atomic E-state index is 0.0141. The van der Waals surface area contributed by atoms with Crippen molar-refractivity contribution in [2.75, 3.05) is 7.11 Å². The highest BCUT2D eigenvalue weighted by Crippen LogP contribution is 2.26. The number of benzene rings is 2. The maximum absolute atomic E-state index is 7.48. The van der Waals surface area contributed by atoms with Gasteiger partial charge in [-0.05, 0) is 36.8 Å². The predicted molar refractivity (Wildman–Crippen MR) is 84.5 cm³/mol. The minimum atomic E-state index is 0.0141. The Morgan fingerprint density at radius 1 is 1.19 bits per heavy atom. The Hall–Kier alpha value is -2.20. The van der Waals surface area contributed by atoms with E-state index in [9.17, 15) is 0 Å². The summed E-state index contributed by atoms with van der Waals surface area (Å²) in [5.74, 6) is 1.42. The standard InChI is InChI=1S/C16H17ClN2O2/c1-10-3-4-11(16(18)19)8-15(10)21-9-12-7-13(17)5-6-14(12)20-2/h3-8H,9H2,1-2H3,(H3,18,19). The first-order chi connectivity index (χ1) is 10.0. The van der Waals surface area contributed by atoms with Crippen molar-refractivity contribution in [2.24, 2.45) is 5.73 Å². The second-order valence-electron chi connectivity index (χ2n) is 4.64. The third-order valence-electron chi connectivity index (χ3n) is 3.12. The first kappa shape index (κ1) is 15.2. The molecule has 5 heteroatoms. The maximum atomic E-state index is 7.48. The van der Waals surface area contributed by atoms with Gasteiger partial charge in [0, 0.05) is 16.1 Å². The molecule has 2 aromatic rings. The number of hydrogen-bond acceptors (Lipinski definition) is 3. The Balaban J connectivity index is 2.22. The van der Waals surface area contributed by atoms with Crippen molar-refractivity contribution in [3.05, 3.63) is 58.1 Å². The molecule has 0 radical (unpaired) electrons. The molecule has 0 bridgehead atoms. The fourth-order valence-electron chi connectivity index (χ4n) is 1.94. The Bertz CT molecular complexity index is 671. The molecule has 0 heterocycles. The van der Waals surface area contributed by atoms with Crippen LogP contribution in [-0.4, -0.2) is 12.9 Å². The van der Waals surface area contributed by atoms with Crippen molar-refractivity contribution < 1.29 is 9.47 Å². The zero-order chi connectivity index (χ0) is 15.4.